The predicted octanol–water partition coefficient (Wildman–Crippen LogP) is 2.87. The number of methoxy groups -OCH3 is 1. The number of fused-ring (bicyclic) bond motifs is 1. The summed E-state index contributed by atoms with van der Waals surface area (Å²) in [5, 5.41) is 6.97. The Labute approximate surface area is 125 Å². The van der Waals surface area contributed by atoms with Crippen molar-refractivity contribution >= 4 is 28.5 Å². The second-order valence-corrected chi connectivity index (χ2v) is 4.55. The van der Waals surface area contributed by atoms with Crippen LogP contribution in [-0.4, -0.2) is 24.1 Å². The van der Waals surface area contributed by atoms with Crippen LogP contribution in [0.3, 0.4) is 0 Å². The molecule has 6 nitrogen and oxygen atoms in total. The molecule has 6 heteroatoms. The van der Waals surface area contributed by atoms with Crippen LogP contribution in [0.2, 0.25) is 0 Å². The second-order valence-electron chi connectivity index (χ2n) is 4.55. The van der Waals surface area contributed by atoms with Crippen LogP contribution in [0.15, 0.2) is 53.1 Å². The van der Waals surface area contributed by atoms with Crippen molar-refractivity contribution in [3.8, 4) is 0 Å². The van der Waals surface area contributed by atoms with Crippen molar-refractivity contribution in [2.75, 3.05) is 12.4 Å². The molecule has 1 amide bonds. The Balaban J connectivity index is 1.87. The largest absolute Gasteiger partial charge is 0.464 e. The van der Waals surface area contributed by atoms with Crippen LogP contribution in [0.1, 0.15) is 20.8 Å². The Kier molecular flexibility index (Phi) is 3.57. The summed E-state index contributed by atoms with van der Waals surface area (Å²) in [7, 11) is 1.28. The van der Waals surface area contributed by atoms with Gasteiger partial charge in [0.25, 0.3) is 5.91 Å². The molecule has 0 atom stereocenters. The molecule has 3 rings (SSSR count). The number of carbonyl (C=O) groups excluding carboxylic acids is 2. The molecule has 3 aromatic rings. The number of nitrogens with zero attached hydrogens (tertiary/aromatic N) is 1. The minimum atomic E-state index is -0.570. The molecule has 0 aliphatic heterocycles. The number of aromatic nitrogens is 1. The SMILES string of the molecule is COC(=O)c1noc2cc(NC(=O)c3ccccc3)ccc12. The minimum absolute atomic E-state index is 0.110. The van der Waals surface area contributed by atoms with E-state index in [1.165, 1.54) is 7.11 Å². The van der Waals surface area contributed by atoms with Gasteiger partial charge in [0.05, 0.1) is 12.5 Å². The maximum Gasteiger partial charge on any atom is 0.360 e. The van der Waals surface area contributed by atoms with Gasteiger partial charge >= 0.3 is 5.97 Å². The lowest BCUT2D eigenvalue weighted by atomic mass is 10.1. The quantitative estimate of drug-likeness (QED) is 0.751. The van der Waals surface area contributed by atoms with E-state index in [0.717, 1.165) is 0 Å². The van der Waals surface area contributed by atoms with Gasteiger partial charge in [-0.3, -0.25) is 4.79 Å². The number of rotatable bonds is 3. The van der Waals surface area contributed by atoms with Gasteiger partial charge in [-0.25, -0.2) is 4.79 Å². The first-order chi connectivity index (χ1) is 10.7. The molecular formula is C16H12N2O4. The van der Waals surface area contributed by atoms with E-state index in [1.54, 1.807) is 42.5 Å². The number of carbonyl (C=O) groups is 2. The lowest BCUT2D eigenvalue weighted by Crippen LogP contribution is -2.11. The first kappa shape index (κ1) is 13.8. The molecule has 0 radical (unpaired) electrons. The molecule has 0 bridgehead atoms. The van der Waals surface area contributed by atoms with Gasteiger partial charge in [-0.15, -0.1) is 0 Å². The smallest absolute Gasteiger partial charge is 0.360 e. The van der Waals surface area contributed by atoms with Crippen molar-refractivity contribution < 1.29 is 18.8 Å². The van der Waals surface area contributed by atoms with Crippen LogP contribution in [0.5, 0.6) is 0 Å². The highest BCUT2D eigenvalue weighted by Gasteiger charge is 2.17. The van der Waals surface area contributed by atoms with Crippen molar-refractivity contribution in [1.29, 1.82) is 0 Å². The summed E-state index contributed by atoms with van der Waals surface area (Å²) in [6.45, 7) is 0. The van der Waals surface area contributed by atoms with E-state index in [9.17, 15) is 9.59 Å². The number of anilines is 1. The highest BCUT2D eigenvalue weighted by atomic mass is 16.5. The molecule has 0 unspecified atom stereocenters. The predicted molar refractivity (Wildman–Crippen MR) is 79.7 cm³/mol. The lowest BCUT2D eigenvalue weighted by molar-refractivity contribution is 0.0591. The molecule has 1 N–H and O–H groups in total. The fraction of sp³-hybridized carbons (Fsp3) is 0.0625. The minimum Gasteiger partial charge on any atom is -0.464 e. The summed E-state index contributed by atoms with van der Waals surface area (Å²) in [5.41, 5.74) is 1.61. The third-order valence-corrected chi connectivity index (χ3v) is 3.14. The molecule has 1 aromatic heterocycles. The molecule has 0 aliphatic rings. The molecular weight excluding hydrogens is 284 g/mol. The molecule has 0 spiro atoms. The number of hydrogen-bond acceptors (Lipinski definition) is 5. The van der Waals surface area contributed by atoms with Crippen LogP contribution in [-0.2, 0) is 4.74 Å². The van der Waals surface area contributed by atoms with E-state index in [0.29, 0.717) is 22.2 Å². The monoisotopic (exact) mass is 296 g/mol. The summed E-state index contributed by atoms with van der Waals surface area (Å²) >= 11 is 0. The van der Waals surface area contributed by atoms with Crippen molar-refractivity contribution in [2.24, 2.45) is 0 Å². The van der Waals surface area contributed by atoms with Crippen molar-refractivity contribution in [1.82, 2.24) is 5.16 Å². The fourth-order valence-electron chi connectivity index (χ4n) is 2.05. The number of esters is 1. The van der Waals surface area contributed by atoms with Gasteiger partial charge in [-0.1, -0.05) is 23.4 Å². The van der Waals surface area contributed by atoms with Crippen LogP contribution < -0.4 is 5.32 Å². The molecule has 0 saturated carbocycles. The Morgan fingerprint density at radius 3 is 2.64 bits per heavy atom. The molecule has 2 aromatic carbocycles. The van der Waals surface area contributed by atoms with Crippen molar-refractivity contribution in [3.63, 3.8) is 0 Å². The summed E-state index contributed by atoms with van der Waals surface area (Å²) in [6.07, 6.45) is 0. The third kappa shape index (κ3) is 2.54. The molecule has 1 heterocycles. The van der Waals surface area contributed by atoms with Gasteiger partial charge in [0.1, 0.15) is 0 Å². The molecule has 22 heavy (non-hydrogen) atoms. The summed E-state index contributed by atoms with van der Waals surface area (Å²) in [5.74, 6) is -0.799. The Morgan fingerprint density at radius 2 is 1.91 bits per heavy atom. The second kappa shape index (κ2) is 5.69. The number of hydrogen-bond donors (Lipinski definition) is 1. The molecule has 0 aliphatic carbocycles. The molecule has 110 valence electrons. The van der Waals surface area contributed by atoms with Gasteiger partial charge in [0, 0.05) is 17.3 Å². The summed E-state index contributed by atoms with van der Waals surface area (Å²) in [4.78, 5) is 23.6. The third-order valence-electron chi connectivity index (χ3n) is 3.14. The van der Waals surface area contributed by atoms with Crippen LogP contribution in [0.4, 0.5) is 5.69 Å². The van der Waals surface area contributed by atoms with Crippen LogP contribution >= 0.6 is 0 Å². The number of ether oxygens (including phenoxy) is 1. The van der Waals surface area contributed by atoms with Gasteiger partial charge in [-0.2, -0.15) is 0 Å². The average Bonchev–Trinajstić information content (AvgIpc) is 2.98. The zero-order valence-electron chi connectivity index (χ0n) is 11.7. The first-order valence-corrected chi connectivity index (χ1v) is 6.53. The van der Waals surface area contributed by atoms with Crippen LogP contribution in [0.25, 0.3) is 11.0 Å². The summed E-state index contributed by atoms with van der Waals surface area (Å²) in [6, 6.07) is 13.8. The number of benzene rings is 2. The van der Waals surface area contributed by atoms with E-state index in [1.807, 2.05) is 6.07 Å². The van der Waals surface area contributed by atoms with Crippen molar-refractivity contribution in [2.45, 2.75) is 0 Å². The highest BCUT2D eigenvalue weighted by Crippen LogP contribution is 2.23. The summed E-state index contributed by atoms with van der Waals surface area (Å²) < 4.78 is 9.72. The van der Waals surface area contributed by atoms with E-state index in [4.69, 9.17) is 4.52 Å². The fourth-order valence-corrected chi connectivity index (χ4v) is 2.05. The lowest BCUT2D eigenvalue weighted by Gasteiger charge is -2.04. The first-order valence-electron chi connectivity index (χ1n) is 6.53. The Morgan fingerprint density at radius 1 is 1.14 bits per heavy atom. The topological polar surface area (TPSA) is 81.4 Å². The van der Waals surface area contributed by atoms with Crippen LogP contribution in [0, 0.1) is 0 Å². The zero-order valence-corrected chi connectivity index (χ0v) is 11.7. The molecule has 0 saturated heterocycles. The van der Waals surface area contributed by atoms with Gasteiger partial charge in [0.2, 0.25) is 0 Å². The zero-order chi connectivity index (χ0) is 15.5. The Hall–Kier alpha value is -3.15. The standard InChI is InChI=1S/C16H12N2O4/c1-21-16(20)14-12-8-7-11(9-13(12)22-18-14)17-15(19)10-5-3-2-4-6-10/h2-9H,1H3,(H,17,19). The maximum atomic E-state index is 12.1. The number of amides is 1. The van der Waals surface area contributed by atoms with Crippen molar-refractivity contribution in [3.05, 3.63) is 59.8 Å². The van der Waals surface area contributed by atoms with Gasteiger partial charge < -0.3 is 14.6 Å². The van der Waals surface area contributed by atoms with Gasteiger partial charge in [0.15, 0.2) is 11.3 Å². The average molecular weight is 296 g/mol. The van der Waals surface area contributed by atoms with E-state index in [2.05, 4.69) is 15.2 Å². The van der Waals surface area contributed by atoms with Gasteiger partial charge in [-0.05, 0) is 24.3 Å². The highest BCUT2D eigenvalue weighted by molar-refractivity contribution is 6.06. The maximum absolute atomic E-state index is 12.1. The van der Waals surface area contributed by atoms with E-state index < -0.39 is 5.97 Å². The van der Waals surface area contributed by atoms with E-state index in [-0.39, 0.29) is 11.6 Å². The number of nitrogens with one attached hydrogen (secondary N) is 1. The van der Waals surface area contributed by atoms with E-state index >= 15 is 0 Å². The molecule has 0 fully saturated rings. The Bertz CT molecular complexity index is 840. The normalized spacial score (nSPS) is 10.4.